The number of imidazole rings is 1. The topological polar surface area (TPSA) is 43.6 Å². The molecule has 3 aromatic rings. The number of methoxy groups -OCH3 is 1. The SMILES string of the molecule is COC(=O)c1cn2cc(-c3ccc(I)cc3)nc2s1. The van der Waals surface area contributed by atoms with Crippen molar-refractivity contribution in [2.24, 2.45) is 0 Å². The highest BCUT2D eigenvalue weighted by Crippen LogP contribution is 2.24. The van der Waals surface area contributed by atoms with Crippen LogP contribution in [0.4, 0.5) is 0 Å². The number of halogens is 1. The molecule has 6 heteroatoms. The van der Waals surface area contributed by atoms with Crippen molar-refractivity contribution in [3.63, 3.8) is 0 Å². The summed E-state index contributed by atoms with van der Waals surface area (Å²) in [5.41, 5.74) is 1.97. The molecule has 2 aromatic heterocycles. The number of ether oxygens (including phenoxy) is 1. The summed E-state index contributed by atoms with van der Waals surface area (Å²) in [6.07, 6.45) is 3.66. The van der Waals surface area contributed by atoms with Crippen LogP contribution in [-0.2, 0) is 4.74 Å². The lowest BCUT2D eigenvalue weighted by Crippen LogP contribution is -1.97. The van der Waals surface area contributed by atoms with Gasteiger partial charge in [-0.05, 0) is 34.7 Å². The van der Waals surface area contributed by atoms with E-state index < -0.39 is 0 Å². The maximum absolute atomic E-state index is 11.4. The summed E-state index contributed by atoms with van der Waals surface area (Å²) in [4.78, 5) is 17.3. The zero-order chi connectivity index (χ0) is 13.4. The van der Waals surface area contributed by atoms with Crippen LogP contribution in [-0.4, -0.2) is 22.5 Å². The number of hydrogen-bond donors (Lipinski definition) is 0. The van der Waals surface area contributed by atoms with Gasteiger partial charge in [0.25, 0.3) is 0 Å². The van der Waals surface area contributed by atoms with E-state index in [4.69, 9.17) is 4.74 Å². The molecule has 0 unspecified atom stereocenters. The summed E-state index contributed by atoms with van der Waals surface area (Å²) in [7, 11) is 1.38. The van der Waals surface area contributed by atoms with Crippen LogP contribution >= 0.6 is 33.9 Å². The minimum atomic E-state index is -0.327. The van der Waals surface area contributed by atoms with Gasteiger partial charge in [0.15, 0.2) is 4.96 Å². The zero-order valence-corrected chi connectivity index (χ0v) is 12.9. The second-order valence-corrected chi connectivity index (χ2v) is 6.16. The van der Waals surface area contributed by atoms with Gasteiger partial charge in [-0.3, -0.25) is 4.40 Å². The molecule has 0 aliphatic rings. The molecule has 3 rings (SSSR count). The van der Waals surface area contributed by atoms with Gasteiger partial charge in [-0.1, -0.05) is 23.5 Å². The Bertz CT molecular complexity index is 714. The van der Waals surface area contributed by atoms with E-state index in [0.29, 0.717) is 4.88 Å². The fourth-order valence-corrected chi connectivity index (χ4v) is 2.99. The molecule has 96 valence electrons. The monoisotopic (exact) mass is 384 g/mol. The van der Waals surface area contributed by atoms with Crippen molar-refractivity contribution in [1.82, 2.24) is 9.38 Å². The molecular weight excluding hydrogens is 375 g/mol. The molecule has 0 saturated heterocycles. The largest absolute Gasteiger partial charge is 0.465 e. The standard InChI is InChI=1S/C13H9IN2O2S/c1-18-12(17)11-7-16-6-10(15-13(16)19-11)8-2-4-9(14)5-3-8/h2-7H,1H3. The number of carbonyl (C=O) groups excluding carboxylic acids is 1. The van der Waals surface area contributed by atoms with Crippen LogP contribution in [0.2, 0.25) is 0 Å². The molecule has 19 heavy (non-hydrogen) atoms. The Balaban J connectivity index is 2.01. The molecule has 0 aliphatic carbocycles. The summed E-state index contributed by atoms with van der Waals surface area (Å²) in [5.74, 6) is -0.327. The van der Waals surface area contributed by atoms with E-state index in [1.165, 1.54) is 22.0 Å². The Hall–Kier alpha value is -1.41. The lowest BCUT2D eigenvalue weighted by atomic mass is 10.2. The summed E-state index contributed by atoms with van der Waals surface area (Å²) in [6, 6.07) is 8.16. The Morgan fingerprint density at radius 2 is 2.05 bits per heavy atom. The fraction of sp³-hybridized carbons (Fsp3) is 0.0769. The predicted octanol–water partition coefficient (Wildman–Crippen LogP) is 3.45. The summed E-state index contributed by atoms with van der Waals surface area (Å²) >= 11 is 3.59. The first-order valence-electron chi connectivity index (χ1n) is 5.50. The number of thiazole rings is 1. The fourth-order valence-electron chi connectivity index (χ4n) is 1.75. The Labute approximate surface area is 127 Å². The number of rotatable bonds is 2. The predicted molar refractivity (Wildman–Crippen MR) is 82.6 cm³/mol. The average molecular weight is 384 g/mol. The first-order valence-corrected chi connectivity index (χ1v) is 7.39. The summed E-state index contributed by atoms with van der Waals surface area (Å²) in [6.45, 7) is 0. The van der Waals surface area contributed by atoms with Crippen LogP contribution < -0.4 is 0 Å². The quantitative estimate of drug-likeness (QED) is 0.502. The van der Waals surface area contributed by atoms with Crippen molar-refractivity contribution >= 4 is 44.9 Å². The minimum Gasteiger partial charge on any atom is -0.465 e. The van der Waals surface area contributed by atoms with Gasteiger partial charge in [-0.2, -0.15) is 0 Å². The minimum absolute atomic E-state index is 0.327. The third-order valence-corrected chi connectivity index (χ3v) is 4.38. The molecule has 4 nitrogen and oxygen atoms in total. The van der Waals surface area contributed by atoms with Gasteiger partial charge in [0, 0.05) is 21.5 Å². The van der Waals surface area contributed by atoms with Crippen molar-refractivity contribution in [1.29, 1.82) is 0 Å². The lowest BCUT2D eigenvalue weighted by molar-refractivity contribution is 0.0606. The summed E-state index contributed by atoms with van der Waals surface area (Å²) in [5, 5.41) is 0. The van der Waals surface area contributed by atoms with Gasteiger partial charge >= 0.3 is 5.97 Å². The number of hydrogen-bond acceptors (Lipinski definition) is 4. The van der Waals surface area contributed by atoms with Crippen LogP contribution in [0, 0.1) is 3.57 Å². The van der Waals surface area contributed by atoms with Crippen LogP contribution in [0.3, 0.4) is 0 Å². The molecule has 0 aliphatic heterocycles. The molecule has 0 spiro atoms. The Morgan fingerprint density at radius 1 is 1.32 bits per heavy atom. The first kappa shape index (κ1) is 12.6. The van der Waals surface area contributed by atoms with E-state index in [1.54, 1.807) is 6.20 Å². The molecule has 1 aromatic carbocycles. The molecule has 0 atom stereocenters. The molecule has 2 heterocycles. The molecule has 0 bridgehead atoms. The molecule has 0 N–H and O–H groups in total. The summed E-state index contributed by atoms with van der Waals surface area (Å²) < 4.78 is 7.73. The number of benzene rings is 1. The van der Waals surface area contributed by atoms with E-state index in [-0.39, 0.29) is 5.97 Å². The van der Waals surface area contributed by atoms with Crippen molar-refractivity contribution < 1.29 is 9.53 Å². The van der Waals surface area contributed by atoms with Gasteiger partial charge in [0.2, 0.25) is 0 Å². The van der Waals surface area contributed by atoms with E-state index in [1.807, 2.05) is 34.9 Å². The second kappa shape index (κ2) is 4.93. The van der Waals surface area contributed by atoms with Crippen LogP contribution in [0.1, 0.15) is 9.67 Å². The van der Waals surface area contributed by atoms with E-state index in [0.717, 1.165) is 16.2 Å². The second-order valence-electron chi connectivity index (χ2n) is 3.91. The number of carbonyl (C=O) groups is 1. The van der Waals surface area contributed by atoms with Crippen molar-refractivity contribution in [3.8, 4) is 11.3 Å². The highest BCUT2D eigenvalue weighted by molar-refractivity contribution is 14.1. The van der Waals surface area contributed by atoms with Gasteiger partial charge in [0.1, 0.15) is 4.88 Å². The van der Waals surface area contributed by atoms with Gasteiger partial charge < -0.3 is 4.74 Å². The third kappa shape index (κ3) is 2.37. The van der Waals surface area contributed by atoms with E-state index >= 15 is 0 Å². The van der Waals surface area contributed by atoms with Crippen molar-refractivity contribution in [2.75, 3.05) is 7.11 Å². The Kier molecular flexibility index (Phi) is 3.28. The van der Waals surface area contributed by atoms with E-state index in [2.05, 4.69) is 27.6 Å². The molecular formula is C13H9IN2O2S. The van der Waals surface area contributed by atoms with Crippen LogP contribution in [0.25, 0.3) is 16.2 Å². The number of fused-ring (bicyclic) bond motifs is 1. The maximum Gasteiger partial charge on any atom is 0.349 e. The maximum atomic E-state index is 11.4. The Morgan fingerprint density at radius 3 is 2.68 bits per heavy atom. The average Bonchev–Trinajstić information content (AvgIpc) is 2.97. The van der Waals surface area contributed by atoms with Gasteiger partial charge in [-0.15, -0.1) is 0 Å². The van der Waals surface area contributed by atoms with Crippen LogP contribution in [0.15, 0.2) is 36.7 Å². The van der Waals surface area contributed by atoms with Gasteiger partial charge in [-0.25, -0.2) is 9.78 Å². The number of nitrogens with zero attached hydrogens (tertiary/aromatic N) is 2. The van der Waals surface area contributed by atoms with Crippen LogP contribution in [0.5, 0.6) is 0 Å². The van der Waals surface area contributed by atoms with E-state index in [9.17, 15) is 4.79 Å². The molecule has 0 saturated carbocycles. The van der Waals surface area contributed by atoms with Gasteiger partial charge in [0.05, 0.1) is 12.8 Å². The highest BCUT2D eigenvalue weighted by atomic mass is 127. The molecule has 0 amide bonds. The first-order chi connectivity index (χ1) is 9.17. The highest BCUT2D eigenvalue weighted by Gasteiger charge is 2.13. The normalized spacial score (nSPS) is 10.8. The zero-order valence-electron chi connectivity index (χ0n) is 9.96. The number of aromatic nitrogens is 2. The smallest absolute Gasteiger partial charge is 0.349 e. The molecule has 0 fully saturated rings. The lowest BCUT2D eigenvalue weighted by Gasteiger charge is -1.96. The number of esters is 1. The van der Waals surface area contributed by atoms with Crippen molar-refractivity contribution in [3.05, 3.63) is 45.1 Å². The van der Waals surface area contributed by atoms with Crippen molar-refractivity contribution in [2.45, 2.75) is 0 Å². The molecule has 0 radical (unpaired) electrons. The third-order valence-electron chi connectivity index (χ3n) is 2.68.